The average molecular weight is 150 g/mol. The second-order valence-electron chi connectivity index (χ2n) is 2.58. The zero-order valence-electron chi connectivity index (χ0n) is 6.83. The highest BCUT2D eigenvalue weighted by Crippen LogP contribution is 2.17. The summed E-state index contributed by atoms with van der Waals surface area (Å²) in [5.74, 6) is 0.888. The molecule has 0 bridgehead atoms. The molecule has 0 aromatic carbocycles. The normalized spacial score (nSPS) is 12.2. The van der Waals surface area contributed by atoms with Crippen molar-refractivity contribution in [1.82, 2.24) is 4.98 Å². The van der Waals surface area contributed by atoms with Crippen molar-refractivity contribution in [2.75, 3.05) is 5.73 Å². The van der Waals surface area contributed by atoms with Crippen LogP contribution in [-0.2, 0) is 0 Å². The van der Waals surface area contributed by atoms with Crippen LogP contribution in [0.2, 0.25) is 0 Å². The van der Waals surface area contributed by atoms with E-state index in [0.29, 0.717) is 11.7 Å². The smallest absolute Gasteiger partial charge is 0.271 e. The van der Waals surface area contributed by atoms with E-state index >= 15 is 0 Å². The molecule has 0 radical (unpaired) electrons. The summed E-state index contributed by atoms with van der Waals surface area (Å²) in [7, 11) is 0. The highest BCUT2D eigenvalue weighted by Gasteiger charge is 2.13. The number of anilines is 1. The predicted octanol–water partition coefficient (Wildman–Crippen LogP) is 0.577. The highest BCUT2D eigenvalue weighted by molar-refractivity contribution is 5.28. The second-order valence-corrected chi connectivity index (χ2v) is 2.58. The molecule has 0 aliphatic rings. The third kappa shape index (κ3) is 1.58. The number of hydrogen-bond donors (Lipinski definition) is 1. The van der Waals surface area contributed by atoms with Crippen LogP contribution in [0.3, 0.4) is 0 Å². The van der Waals surface area contributed by atoms with Crippen LogP contribution in [0.15, 0.2) is 6.20 Å². The van der Waals surface area contributed by atoms with Gasteiger partial charge in [0.25, 0.3) is 0 Å². The van der Waals surface area contributed by atoms with Crippen LogP contribution in [0.4, 0.5) is 5.82 Å². The summed E-state index contributed by atoms with van der Waals surface area (Å²) < 4.78 is 0. The van der Waals surface area contributed by atoms with Gasteiger partial charge in [0.15, 0.2) is 5.69 Å². The van der Waals surface area contributed by atoms with Gasteiger partial charge >= 0.3 is 5.82 Å². The molecule has 11 heavy (non-hydrogen) atoms. The lowest BCUT2D eigenvalue weighted by molar-refractivity contribution is -0.277. The maximum atomic E-state index is 5.59. The largest absolute Gasteiger partial charge is 0.398 e. The standard InChI is InChI=1S/C8H11N3/c1-3-6(2)7-8(9)11-5-4-10-7/h4,6,9H,3H2,1-2H3/p+1. The minimum atomic E-state index is 0.386. The Morgan fingerprint density at radius 3 is 3.09 bits per heavy atom. The third-order valence-corrected chi connectivity index (χ3v) is 1.79. The Morgan fingerprint density at radius 1 is 1.82 bits per heavy atom. The number of nitrogens with two attached hydrogens (primary N) is 1. The van der Waals surface area contributed by atoms with Crippen molar-refractivity contribution in [3.8, 4) is 0 Å². The van der Waals surface area contributed by atoms with Gasteiger partial charge in [0.05, 0.1) is 0 Å². The van der Waals surface area contributed by atoms with E-state index < -0.39 is 0 Å². The van der Waals surface area contributed by atoms with Crippen LogP contribution >= 0.6 is 0 Å². The molecule has 3 heteroatoms. The molecule has 0 fully saturated rings. The number of hydrogen-bond acceptors (Lipinski definition) is 2. The molecule has 0 spiro atoms. The number of rotatable bonds is 2. The quantitative estimate of drug-likeness (QED) is 0.670. The zero-order chi connectivity index (χ0) is 8.27. The fourth-order valence-corrected chi connectivity index (χ4v) is 0.893. The topological polar surface area (TPSA) is 53.0 Å². The summed E-state index contributed by atoms with van der Waals surface area (Å²) >= 11 is 0. The Bertz CT molecular complexity index is 235. The summed E-state index contributed by atoms with van der Waals surface area (Å²) in [6.45, 7) is 4.18. The van der Waals surface area contributed by atoms with E-state index in [1.54, 1.807) is 6.20 Å². The molecule has 1 unspecified atom stereocenters. The van der Waals surface area contributed by atoms with Crippen LogP contribution < -0.4 is 10.7 Å². The van der Waals surface area contributed by atoms with Crippen LogP contribution in [0.25, 0.3) is 0 Å². The van der Waals surface area contributed by atoms with Gasteiger partial charge in [-0.05, 0) is 6.42 Å². The van der Waals surface area contributed by atoms with Gasteiger partial charge in [-0.15, -0.1) is 0 Å². The summed E-state index contributed by atoms with van der Waals surface area (Å²) in [6.07, 6.45) is 5.18. The van der Waals surface area contributed by atoms with E-state index in [1.807, 2.05) is 0 Å². The lowest BCUT2D eigenvalue weighted by Gasteiger charge is -2.02. The van der Waals surface area contributed by atoms with Gasteiger partial charge in [0.1, 0.15) is 6.20 Å². The zero-order valence-corrected chi connectivity index (χ0v) is 6.83. The van der Waals surface area contributed by atoms with E-state index in [2.05, 4.69) is 30.0 Å². The first-order valence-electron chi connectivity index (χ1n) is 3.74. The summed E-state index contributed by atoms with van der Waals surface area (Å²) in [5.41, 5.74) is 6.47. The second kappa shape index (κ2) is 3.20. The highest BCUT2D eigenvalue weighted by atomic mass is 14.8. The Kier molecular flexibility index (Phi) is 2.27. The minimum absolute atomic E-state index is 0.386. The van der Waals surface area contributed by atoms with Gasteiger partial charge in [0, 0.05) is 5.92 Å². The van der Waals surface area contributed by atoms with Crippen molar-refractivity contribution in [2.45, 2.75) is 26.2 Å². The Labute approximate surface area is 66.7 Å². The first-order chi connectivity index (χ1) is 5.25. The number of nitrogen functional groups attached to an aromatic ring is 1. The van der Waals surface area contributed by atoms with Crippen LogP contribution in [0.5, 0.6) is 0 Å². The third-order valence-electron chi connectivity index (χ3n) is 1.79. The molecule has 1 aromatic heterocycles. The van der Waals surface area contributed by atoms with Crippen molar-refractivity contribution < 1.29 is 4.98 Å². The summed E-state index contributed by atoms with van der Waals surface area (Å²) in [4.78, 5) is 7.94. The SMILES string of the molecule is CCC(C)c1ncc#[n+]c1N. The van der Waals surface area contributed by atoms with Gasteiger partial charge < -0.3 is 0 Å². The van der Waals surface area contributed by atoms with Crippen molar-refractivity contribution >= 4 is 5.82 Å². The van der Waals surface area contributed by atoms with Crippen LogP contribution in [0.1, 0.15) is 31.9 Å². The molecule has 0 saturated heterocycles. The maximum Gasteiger partial charge on any atom is 0.398 e. The molecule has 1 atom stereocenters. The Hall–Kier alpha value is -1.30. The van der Waals surface area contributed by atoms with E-state index in [0.717, 1.165) is 12.1 Å². The molecule has 0 aliphatic carbocycles. The fraction of sp³-hybridized carbons (Fsp3) is 0.500. The first kappa shape index (κ1) is 7.80. The Morgan fingerprint density at radius 2 is 2.55 bits per heavy atom. The molecule has 1 aromatic rings. The molecule has 3 nitrogen and oxygen atoms in total. The van der Waals surface area contributed by atoms with Crippen molar-refractivity contribution in [3.63, 3.8) is 0 Å². The predicted molar refractivity (Wildman–Crippen MR) is 41.8 cm³/mol. The number of aromatic nitrogens is 2. The molecule has 2 N–H and O–H groups in total. The molecule has 0 aliphatic heterocycles. The van der Waals surface area contributed by atoms with E-state index in [4.69, 9.17) is 5.73 Å². The average Bonchev–Trinajstić information content (AvgIpc) is 2.04. The molecule has 1 heterocycles. The summed E-state index contributed by atoms with van der Waals surface area (Å²) in [5, 5.41) is 0. The molecular formula is C8H12N3+. The molecule has 1 rings (SSSR count). The van der Waals surface area contributed by atoms with E-state index in [1.165, 1.54) is 0 Å². The van der Waals surface area contributed by atoms with Gasteiger partial charge in [-0.1, -0.05) is 13.8 Å². The maximum absolute atomic E-state index is 5.59. The van der Waals surface area contributed by atoms with Crippen LogP contribution in [0, 0.1) is 6.20 Å². The lowest BCUT2D eigenvalue weighted by Crippen LogP contribution is -2.10. The first-order valence-corrected chi connectivity index (χ1v) is 3.74. The van der Waals surface area contributed by atoms with Crippen LogP contribution in [-0.4, -0.2) is 4.98 Å². The minimum Gasteiger partial charge on any atom is -0.271 e. The monoisotopic (exact) mass is 150 g/mol. The van der Waals surface area contributed by atoms with Gasteiger partial charge in [0.2, 0.25) is 6.20 Å². The number of nitrogens with zero attached hydrogens (tertiary/aromatic N) is 2. The van der Waals surface area contributed by atoms with E-state index in [-0.39, 0.29) is 0 Å². The molecule has 58 valence electrons. The van der Waals surface area contributed by atoms with Crippen molar-refractivity contribution in [2.24, 2.45) is 0 Å². The lowest BCUT2D eigenvalue weighted by atomic mass is 10.1. The van der Waals surface area contributed by atoms with Gasteiger partial charge in [-0.3, -0.25) is 5.73 Å². The molecule has 0 saturated carbocycles. The summed E-state index contributed by atoms with van der Waals surface area (Å²) in [6, 6.07) is 0. The molecular weight excluding hydrogens is 138 g/mol. The van der Waals surface area contributed by atoms with Crippen molar-refractivity contribution in [1.29, 1.82) is 0 Å². The Balaban J connectivity index is 2.93. The fourth-order valence-electron chi connectivity index (χ4n) is 0.893. The van der Waals surface area contributed by atoms with E-state index in [9.17, 15) is 0 Å². The molecule has 0 amide bonds. The van der Waals surface area contributed by atoms with Crippen molar-refractivity contribution in [3.05, 3.63) is 18.1 Å². The van der Waals surface area contributed by atoms with Gasteiger partial charge in [-0.25, -0.2) is 4.98 Å². The van der Waals surface area contributed by atoms with Gasteiger partial charge in [-0.2, -0.15) is 4.98 Å².